The molecular weight excluding hydrogens is 252 g/mol. The Morgan fingerprint density at radius 2 is 2.20 bits per heavy atom. The van der Waals surface area contributed by atoms with Crippen LogP contribution in [0.4, 0.5) is 5.69 Å². The van der Waals surface area contributed by atoms with Gasteiger partial charge in [-0.25, -0.2) is 0 Å². The van der Waals surface area contributed by atoms with Crippen molar-refractivity contribution in [2.24, 2.45) is 5.41 Å². The second-order valence-corrected chi connectivity index (χ2v) is 6.36. The summed E-state index contributed by atoms with van der Waals surface area (Å²) in [5.41, 5.74) is 7.11. The highest BCUT2D eigenvalue weighted by Gasteiger charge is 2.29. The van der Waals surface area contributed by atoms with Gasteiger partial charge in [0.15, 0.2) is 0 Å². The summed E-state index contributed by atoms with van der Waals surface area (Å²) in [5, 5.41) is 3.11. The summed E-state index contributed by atoms with van der Waals surface area (Å²) < 4.78 is 5.24. The zero-order chi connectivity index (χ0) is 14.8. The zero-order valence-corrected chi connectivity index (χ0v) is 12.5. The fourth-order valence-corrected chi connectivity index (χ4v) is 3.04. The van der Waals surface area contributed by atoms with Gasteiger partial charge in [-0.2, -0.15) is 0 Å². The van der Waals surface area contributed by atoms with E-state index in [-0.39, 0.29) is 11.9 Å². The number of ether oxygens (including phenoxy) is 1. The molecule has 0 aliphatic heterocycles. The lowest BCUT2D eigenvalue weighted by Gasteiger charge is -2.35. The highest BCUT2D eigenvalue weighted by atomic mass is 16.5. The lowest BCUT2D eigenvalue weighted by atomic mass is 9.75. The third kappa shape index (κ3) is 3.24. The van der Waals surface area contributed by atoms with Gasteiger partial charge in [0.1, 0.15) is 11.3 Å². The first-order valence-electron chi connectivity index (χ1n) is 7.16. The van der Waals surface area contributed by atoms with Gasteiger partial charge >= 0.3 is 0 Å². The molecule has 1 aliphatic rings. The number of hydrogen-bond acceptors (Lipinski definition) is 3. The molecule has 110 valence electrons. The van der Waals surface area contributed by atoms with Crippen LogP contribution < -0.4 is 15.8 Å². The predicted octanol–water partition coefficient (Wildman–Crippen LogP) is 2.98. The van der Waals surface area contributed by atoms with Crippen molar-refractivity contribution < 1.29 is 9.53 Å². The molecule has 2 rings (SSSR count). The number of rotatable bonds is 3. The van der Waals surface area contributed by atoms with Crippen LogP contribution >= 0.6 is 0 Å². The van der Waals surface area contributed by atoms with Crippen molar-refractivity contribution >= 4 is 11.6 Å². The maximum atomic E-state index is 12.5. The van der Waals surface area contributed by atoms with E-state index in [9.17, 15) is 4.79 Å². The van der Waals surface area contributed by atoms with Gasteiger partial charge in [0.2, 0.25) is 0 Å². The van der Waals surface area contributed by atoms with Crippen LogP contribution in [-0.2, 0) is 0 Å². The van der Waals surface area contributed by atoms with Crippen LogP contribution in [-0.4, -0.2) is 19.1 Å². The Kier molecular flexibility index (Phi) is 4.21. The first kappa shape index (κ1) is 14.7. The van der Waals surface area contributed by atoms with Gasteiger partial charge in [0, 0.05) is 11.7 Å². The summed E-state index contributed by atoms with van der Waals surface area (Å²) in [6.45, 7) is 4.51. The molecule has 0 saturated heterocycles. The maximum Gasteiger partial charge on any atom is 0.257 e. The number of nitrogens with one attached hydrogen (secondary N) is 1. The van der Waals surface area contributed by atoms with E-state index >= 15 is 0 Å². The van der Waals surface area contributed by atoms with Crippen LogP contribution in [0.25, 0.3) is 0 Å². The standard InChI is InChI=1S/C16H24N2O2/c1-16(2)9-5-6-11(10-16)18-15(19)14-12(17)7-4-8-13(14)20-3/h4,7-8,11H,5-6,9-10,17H2,1-3H3,(H,18,19). The summed E-state index contributed by atoms with van der Waals surface area (Å²) in [7, 11) is 1.55. The first-order valence-corrected chi connectivity index (χ1v) is 7.16. The highest BCUT2D eigenvalue weighted by Crippen LogP contribution is 2.35. The summed E-state index contributed by atoms with van der Waals surface area (Å²) in [4.78, 5) is 12.5. The largest absolute Gasteiger partial charge is 0.496 e. The molecule has 20 heavy (non-hydrogen) atoms. The van der Waals surface area contributed by atoms with Crippen molar-refractivity contribution in [2.45, 2.75) is 45.6 Å². The number of amides is 1. The Balaban J connectivity index is 2.13. The number of hydrogen-bond donors (Lipinski definition) is 2. The van der Waals surface area contributed by atoms with Crippen molar-refractivity contribution in [1.29, 1.82) is 0 Å². The fraction of sp³-hybridized carbons (Fsp3) is 0.562. The third-order valence-electron chi connectivity index (χ3n) is 4.05. The van der Waals surface area contributed by atoms with Crippen molar-refractivity contribution in [1.82, 2.24) is 5.32 Å². The molecule has 1 saturated carbocycles. The monoisotopic (exact) mass is 276 g/mol. The van der Waals surface area contributed by atoms with Crippen LogP contribution in [0.5, 0.6) is 5.75 Å². The van der Waals surface area contributed by atoms with Crippen molar-refractivity contribution in [3.63, 3.8) is 0 Å². The van der Waals surface area contributed by atoms with Gasteiger partial charge in [-0.1, -0.05) is 26.3 Å². The molecule has 3 N–H and O–H groups in total. The number of nitrogens with two attached hydrogens (primary N) is 1. The normalized spacial score (nSPS) is 21.2. The Bertz CT molecular complexity index is 497. The van der Waals surface area contributed by atoms with Crippen LogP contribution in [0.2, 0.25) is 0 Å². The Labute approximate surface area is 120 Å². The minimum absolute atomic E-state index is 0.136. The van der Waals surface area contributed by atoms with E-state index in [0.29, 0.717) is 22.4 Å². The number of carbonyl (C=O) groups is 1. The maximum absolute atomic E-state index is 12.5. The average Bonchev–Trinajstić information content (AvgIpc) is 2.36. The zero-order valence-electron chi connectivity index (χ0n) is 12.5. The van der Waals surface area contributed by atoms with E-state index in [2.05, 4.69) is 19.2 Å². The van der Waals surface area contributed by atoms with Gasteiger partial charge < -0.3 is 15.8 Å². The predicted molar refractivity (Wildman–Crippen MR) is 80.9 cm³/mol. The van der Waals surface area contributed by atoms with Gasteiger partial charge in [0.05, 0.1) is 7.11 Å². The third-order valence-corrected chi connectivity index (χ3v) is 4.05. The molecule has 1 fully saturated rings. The number of anilines is 1. The minimum atomic E-state index is -0.136. The molecule has 1 amide bonds. The Hall–Kier alpha value is -1.71. The molecule has 1 atom stereocenters. The number of methoxy groups -OCH3 is 1. The molecule has 0 aromatic heterocycles. The van der Waals surface area contributed by atoms with E-state index < -0.39 is 0 Å². The van der Waals surface area contributed by atoms with E-state index in [1.807, 2.05) is 0 Å². The summed E-state index contributed by atoms with van der Waals surface area (Å²) in [6.07, 6.45) is 4.41. The SMILES string of the molecule is COc1cccc(N)c1C(=O)NC1CCCC(C)(C)C1. The average molecular weight is 276 g/mol. The van der Waals surface area contributed by atoms with Crippen molar-refractivity contribution in [3.05, 3.63) is 23.8 Å². The van der Waals surface area contributed by atoms with Gasteiger partial charge in [-0.15, -0.1) is 0 Å². The van der Waals surface area contributed by atoms with Crippen LogP contribution in [0.15, 0.2) is 18.2 Å². The quantitative estimate of drug-likeness (QED) is 0.834. The lowest BCUT2D eigenvalue weighted by Crippen LogP contribution is -2.41. The number of nitrogen functional groups attached to an aromatic ring is 1. The van der Waals surface area contributed by atoms with Crippen molar-refractivity contribution in [3.8, 4) is 5.75 Å². The van der Waals surface area contributed by atoms with Gasteiger partial charge in [0.25, 0.3) is 5.91 Å². The molecule has 1 aromatic carbocycles. The van der Waals surface area contributed by atoms with E-state index in [0.717, 1.165) is 19.3 Å². The topological polar surface area (TPSA) is 64.3 Å². The molecule has 4 heteroatoms. The van der Waals surface area contributed by atoms with E-state index in [1.165, 1.54) is 6.42 Å². The minimum Gasteiger partial charge on any atom is -0.496 e. The number of carbonyl (C=O) groups excluding carboxylic acids is 1. The van der Waals surface area contributed by atoms with Crippen LogP contribution in [0, 0.1) is 5.41 Å². The van der Waals surface area contributed by atoms with E-state index in [1.54, 1.807) is 25.3 Å². The molecule has 1 aromatic rings. The second-order valence-electron chi connectivity index (χ2n) is 6.36. The molecule has 0 spiro atoms. The van der Waals surface area contributed by atoms with Gasteiger partial charge in [-0.3, -0.25) is 4.79 Å². The van der Waals surface area contributed by atoms with Crippen LogP contribution in [0.1, 0.15) is 49.9 Å². The molecule has 4 nitrogen and oxygen atoms in total. The summed E-state index contributed by atoms with van der Waals surface area (Å²) >= 11 is 0. The number of benzene rings is 1. The van der Waals surface area contributed by atoms with Crippen LogP contribution in [0.3, 0.4) is 0 Å². The molecule has 0 heterocycles. The molecular formula is C16H24N2O2. The molecule has 1 aliphatic carbocycles. The molecule has 1 unspecified atom stereocenters. The Morgan fingerprint density at radius 3 is 2.85 bits per heavy atom. The lowest BCUT2D eigenvalue weighted by molar-refractivity contribution is 0.0900. The van der Waals surface area contributed by atoms with E-state index in [4.69, 9.17) is 10.5 Å². The second kappa shape index (κ2) is 5.73. The summed E-state index contributed by atoms with van der Waals surface area (Å²) in [5.74, 6) is 0.389. The highest BCUT2D eigenvalue weighted by molar-refractivity contribution is 6.02. The summed E-state index contributed by atoms with van der Waals surface area (Å²) in [6, 6.07) is 5.49. The smallest absolute Gasteiger partial charge is 0.257 e. The fourth-order valence-electron chi connectivity index (χ4n) is 3.04. The van der Waals surface area contributed by atoms with Crippen molar-refractivity contribution in [2.75, 3.05) is 12.8 Å². The van der Waals surface area contributed by atoms with Gasteiger partial charge in [-0.05, 0) is 36.8 Å². The molecule has 0 bridgehead atoms. The first-order chi connectivity index (χ1) is 9.43. The Morgan fingerprint density at radius 1 is 1.45 bits per heavy atom. The molecule has 0 radical (unpaired) electrons.